The molecule has 0 radical (unpaired) electrons. The van der Waals surface area contributed by atoms with Gasteiger partial charge in [0.05, 0.1) is 11.1 Å². The van der Waals surface area contributed by atoms with Crippen molar-refractivity contribution in [2.24, 2.45) is 0 Å². The summed E-state index contributed by atoms with van der Waals surface area (Å²) in [5.74, 6) is -0.201. The van der Waals surface area contributed by atoms with E-state index in [0.717, 1.165) is 18.7 Å². The second-order valence-corrected chi connectivity index (χ2v) is 5.67. The average molecular weight is 350 g/mol. The van der Waals surface area contributed by atoms with Crippen LogP contribution in [0.5, 0.6) is 5.75 Å². The maximum Gasteiger partial charge on any atom is 0.416 e. The molecular formula is C18H17F3N2O2. The van der Waals surface area contributed by atoms with E-state index >= 15 is 0 Å². The summed E-state index contributed by atoms with van der Waals surface area (Å²) < 4.78 is 44.2. The van der Waals surface area contributed by atoms with E-state index in [1.54, 1.807) is 0 Å². The molecular weight excluding hydrogens is 333 g/mol. The lowest BCUT2D eigenvalue weighted by molar-refractivity contribution is -0.137. The molecule has 0 saturated heterocycles. The normalized spacial score (nSPS) is 14.7. The molecule has 1 aliphatic heterocycles. The van der Waals surface area contributed by atoms with Crippen molar-refractivity contribution in [3.8, 4) is 16.9 Å². The van der Waals surface area contributed by atoms with Gasteiger partial charge in [-0.1, -0.05) is 18.2 Å². The van der Waals surface area contributed by atoms with Gasteiger partial charge in [0.25, 0.3) is 0 Å². The Balaban J connectivity index is 2.06. The predicted octanol–water partition coefficient (Wildman–Crippen LogP) is 4.83. The molecule has 0 atom stereocenters. The summed E-state index contributed by atoms with van der Waals surface area (Å²) in [4.78, 5) is 1.90. The number of anilines is 1. The lowest BCUT2D eigenvalue weighted by atomic mass is 10.0. The number of furan rings is 1. The summed E-state index contributed by atoms with van der Waals surface area (Å²) in [6, 6.07) is 4.63. The minimum atomic E-state index is -4.48. The van der Waals surface area contributed by atoms with Gasteiger partial charge in [-0.25, -0.2) is 0 Å². The van der Waals surface area contributed by atoms with Crippen LogP contribution in [0.2, 0.25) is 0 Å². The van der Waals surface area contributed by atoms with Crippen molar-refractivity contribution in [1.29, 1.82) is 0 Å². The van der Waals surface area contributed by atoms with E-state index < -0.39 is 11.7 Å². The second-order valence-electron chi connectivity index (χ2n) is 5.67. The maximum atomic E-state index is 12.9. The molecule has 0 amide bonds. The molecule has 0 fully saturated rings. The topological polar surface area (TPSA) is 62.6 Å². The van der Waals surface area contributed by atoms with Crippen LogP contribution >= 0.6 is 0 Å². The van der Waals surface area contributed by atoms with Crippen LogP contribution < -0.4 is 5.73 Å². The highest BCUT2D eigenvalue weighted by Gasteiger charge is 2.31. The standard InChI is InChI=1S/C18H17F3N2O2/c1-2-23-8-4-6-12(10-23)16-15(24)14(17(22)25-16)11-5-3-7-13(9-11)18(19,20)21/h3-5,7-10,24H,2,6,22H2,1H3. The zero-order valence-electron chi connectivity index (χ0n) is 13.5. The smallest absolute Gasteiger partial charge is 0.416 e. The zero-order chi connectivity index (χ0) is 18.2. The lowest BCUT2D eigenvalue weighted by Gasteiger charge is -2.18. The average Bonchev–Trinajstić information content (AvgIpc) is 2.89. The molecule has 1 aliphatic rings. The summed E-state index contributed by atoms with van der Waals surface area (Å²) in [7, 11) is 0. The van der Waals surface area contributed by atoms with Gasteiger partial charge in [-0.15, -0.1) is 0 Å². The first kappa shape index (κ1) is 17.0. The van der Waals surface area contributed by atoms with Crippen molar-refractivity contribution in [2.45, 2.75) is 19.5 Å². The fourth-order valence-corrected chi connectivity index (χ4v) is 2.75. The van der Waals surface area contributed by atoms with Crippen LogP contribution in [0.4, 0.5) is 19.1 Å². The van der Waals surface area contributed by atoms with Gasteiger partial charge >= 0.3 is 6.18 Å². The summed E-state index contributed by atoms with van der Waals surface area (Å²) in [6.45, 7) is 2.70. The van der Waals surface area contributed by atoms with Gasteiger partial charge in [-0.3, -0.25) is 0 Å². The number of rotatable bonds is 3. The van der Waals surface area contributed by atoms with Crippen LogP contribution in [0.3, 0.4) is 0 Å². The van der Waals surface area contributed by atoms with Crippen molar-refractivity contribution in [2.75, 3.05) is 12.3 Å². The first-order chi connectivity index (χ1) is 11.8. The van der Waals surface area contributed by atoms with Gasteiger partial charge in [0.1, 0.15) is 0 Å². The molecule has 0 bridgehead atoms. The minimum Gasteiger partial charge on any atom is -0.504 e. The van der Waals surface area contributed by atoms with Crippen LogP contribution in [-0.2, 0) is 6.18 Å². The molecule has 2 heterocycles. The molecule has 0 spiro atoms. The van der Waals surface area contributed by atoms with Gasteiger partial charge < -0.3 is 20.2 Å². The summed E-state index contributed by atoms with van der Waals surface area (Å²) >= 11 is 0. The number of allylic oxidation sites excluding steroid dienone is 2. The number of hydrogen-bond acceptors (Lipinski definition) is 4. The first-order valence-corrected chi connectivity index (χ1v) is 7.73. The number of alkyl halides is 3. The Labute approximate surface area is 142 Å². The number of nitrogen functional groups attached to an aromatic ring is 1. The zero-order valence-corrected chi connectivity index (χ0v) is 13.5. The largest absolute Gasteiger partial charge is 0.504 e. The van der Waals surface area contributed by atoms with E-state index in [-0.39, 0.29) is 28.5 Å². The molecule has 2 aromatic rings. The first-order valence-electron chi connectivity index (χ1n) is 7.73. The number of aromatic hydroxyl groups is 1. The van der Waals surface area contributed by atoms with Crippen LogP contribution in [0.25, 0.3) is 16.7 Å². The predicted molar refractivity (Wildman–Crippen MR) is 89.3 cm³/mol. The molecule has 7 heteroatoms. The molecule has 25 heavy (non-hydrogen) atoms. The Morgan fingerprint density at radius 2 is 2.08 bits per heavy atom. The summed E-state index contributed by atoms with van der Waals surface area (Å²) in [6.07, 6.45) is 1.67. The molecule has 4 nitrogen and oxygen atoms in total. The van der Waals surface area contributed by atoms with E-state index in [9.17, 15) is 18.3 Å². The van der Waals surface area contributed by atoms with E-state index in [1.165, 1.54) is 12.1 Å². The van der Waals surface area contributed by atoms with Gasteiger partial charge in [0.2, 0.25) is 5.88 Å². The number of benzene rings is 1. The Bertz CT molecular complexity index is 850. The van der Waals surface area contributed by atoms with E-state index in [4.69, 9.17) is 10.2 Å². The van der Waals surface area contributed by atoms with Gasteiger partial charge in [-0.2, -0.15) is 13.2 Å². The molecule has 0 aliphatic carbocycles. The Morgan fingerprint density at radius 1 is 1.32 bits per heavy atom. The maximum absolute atomic E-state index is 12.9. The highest BCUT2D eigenvalue weighted by atomic mass is 19.4. The molecule has 3 rings (SSSR count). The molecule has 0 unspecified atom stereocenters. The van der Waals surface area contributed by atoms with Crippen LogP contribution in [-0.4, -0.2) is 16.6 Å². The molecule has 132 valence electrons. The van der Waals surface area contributed by atoms with Crippen molar-refractivity contribution < 1.29 is 22.7 Å². The van der Waals surface area contributed by atoms with Gasteiger partial charge in [-0.05, 0) is 37.2 Å². The van der Waals surface area contributed by atoms with Crippen molar-refractivity contribution in [3.63, 3.8) is 0 Å². The van der Waals surface area contributed by atoms with Gasteiger partial charge in [0, 0.05) is 18.3 Å². The summed E-state index contributed by atoms with van der Waals surface area (Å²) in [5, 5.41) is 10.5. The number of nitrogens with zero attached hydrogens (tertiary/aromatic N) is 1. The SMILES string of the molecule is CCN1C=CCC(c2oc(N)c(-c3cccc(C(F)(F)F)c3)c2O)=C1. The number of hydrogen-bond donors (Lipinski definition) is 2. The monoisotopic (exact) mass is 350 g/mol. The lowest BCUT2D eigenvalue weighted by Crippen LogP contribution is -2.11. The third kappa shape index (κ3) is 3.22. The van der Waals surface area contributed by atoms with Crippen molar-refractivity contribution in [3.05, 3.63) is 54.1 Å². The van der Waals surface area contributed by atoms with Crippen LogP contribution in [0.1, 0.15) is 24.7 Å². The minimum absolute atomic E-state index is 0.0691. The van der Waals surface area contributed by atoms with Crippen molar-refractivity contribution >= 4 is 11.5 Å². The second kappa shape index (κ2) is 6.23. The Kier molecular flexibility index (Phi) is 4.24. The van der Waals surface area contributed by atoms with E-state index in [1.807, 2.05) is 30.3 Å². The highest BCUT2D eigenvalue weighted by molar-refractivity contribution is 5.85. The third-order valence-electron chi connectivity index (χ3n) is 4.00. The molecule has 0 saturated carbocycles. The quantitative estimate of drug-likeness (QED) is 0.832. The van der Waals surface area contributed by atoms with Crippen molar-refractivity contribution in [1.82, 2.24) is 4.90 Å². The fourth-order valence-electron chi connectivity index (χ4n) is 2.75. The Morgan fingerprint density at radius 3 is 2.76 bits per heavy atom. The highest BCUT2D eigenvalue weighted by Crippen LogP contribution is 2.45. The number of nitrogens with two attached hydrogens (primary N) is 1. The Hall–Kier alpha value is -2.83. The van der Waals surface area contributed by atoms with Gasteiger partial charge in [0.15, 0.2) is 11.5 Å². The summed E-state index contributed by atoms with van der Waals surface area (Å²) in [5.41, 5.74) is 5.95. The van der Waals surface area contributed by atoms with E-state index in [2.05, 4.69) is 0 Å². The fraction of sp³-hybridized carbons (Fsp3) is 0.222. The van der Waals surface area contributed by atoms with Crippen LogP contribution in [0, 0.1) is 0 Å². The van der Waals surface area contributed by atoms with Crippen LogP contribution in [0.15, 0.2) is 47.2 Å². The molecule has 1 aromatic carbocycles. The number of halogens is 3. The third-order valence-corrected chi connectivity index (χ3v) is 4.00. The molecule has 1 aromatic heterocycles. The van der Waals surface area contributed by atoms with E-state index in [0.29, 0.717) is 12.0 Å². The molecule has 3 N–H and O–H groups in total.